The van der Waals surface area contributed by atoms with Gasteiger partial charge in [0.15, 0.2) is 0 Å². The van der Waals surface area contributed by atoms with Gasteiger partial charge < -0.3 is 10.1 Å². The number of carbonyl (C=O) groups is 1. The molecule has 0 fully saturated rings. The van der Waals surface area contributed by atoms with Crippen molar-refractivity contribution in [2.24, 2.45) is 0 Å². The van der Waals surface area contributed by atoms with E-state index in [0.717, 1.165) is 12.3 Å². The molecule has 0 aromatic heterocycles. The SMILES string of the molecule is CCNC(C)c1ccc(SCCC(=O)OC)cc1. The molecule has 1 atom stereocenters. The van der Waals surface area contributed by atoms with E-state index < -0.39 is 0 Å². The number of hydrogen-bond acceptors (Lipinski definition) is 4. The van der Waals surface area contributed by atoms with E-state index in [9.17, 15) is 4.79 Å². The van der Waals surface area contributed by atoms with Crippen molar-refractivity contribution in [2.45, 2.75) is 31.2 Å². The van der Waals surface area contributed by atoms with E-state index in [1.54, 1.807) is 11.8 Å². The normalized spacial score (nSPS) is 12.2. The summed E-state index contributed by atoms with van der Waals surface area (Å²) in [5.41, 5.74) is 1.29. The zero-order chi connectivity index (χ0) is 13.4. The molecule has 0 saturated carbocycles. The fourth-order valence-electron chi connectivity index (χ4n) is 1.63. The maximum atomic E-state index is 11.0. The van der Waals surface area contributed by atoms with E-state index in [2.05, 4.69) is 48.2 Å². The molecule has 100 valence electrons. The molecule has 0 saturated heterocycles. The Hall–Kier alpha value is -1.00. The fourth-order valence-corrected chi connectivity index (χ4v) is 2.46. The number of carbonyl (C=O) groups excluding carboxylic acids is 1. The monoisotopic (exact) mass is 267 g/mol. The first-order chi connectivity index (χ1) is 8.67. The Labute approximate surface area is 113 Å². The van der Waals surface area contributed by atoms with Crippen molar-refractivity contribution < 1.29 is 9.53 Å². The summed E-state index contributed by atoms with van der Waals surface area (Å²) >= 11 is 1.68. The summed E-state index contributed by atoms with van der Waals surface area (Å²) in [5, 5.41) is 3.38. The lowest BCUT2D eigenvalue weighted by atomic mass is 10.1. The van der Waals surface area contributed by atoms with E-state index in [1.807, 2.05) is 0 Å². The zero-order valence-electron chi connectivity index (χ0n) is 11.2. The molecule has 1 unspecified atom stereocenters. The number of methoxy groups -OCH3 is 1. The summed E-state index contributed by atoms with van der Waals surface area (Å²) in [4.78, 5) is 12.2. The highest BCUT2D eigenvalue weighted by molar-refractivity contribution is 7.99. The second kappa shape index (κ2) is 8.16. The molecule has 0 aliphatic rings. The maximum absolute atomic E-state index is 11.0. The molecule has 3 nitrogen and oxygen atoms in total. The van der Waals surface area contributed by atoms with Crippen LogP contribution in [0.25, 0.3) is 0 Å². The van der Waals surface area contributed by atoms with Crippen LogP contribution in [0.3, 0.4) is 0 Å². The van der Waals surface area contributed by atoms with Crippen LogP contribution in [-0.2, 0) is 9.53 Å². The van der Waals surface area contributed by atoms with Gasteiger partial charge in [-0.3, -0.25) is 4.79 Å². The quantitative estimate of drug-likeness (QED) is 0.609. The number of esters is 1. The molecular weight excluding hydrogens is 246 g/mol. The highest BCUT2D eigenvalue weighted by atomic mass is 32.2. The highest BCUT2D eigenvalue weighted by Crippen LogP contribution is 2.21. The minimum atomic E-state index is -0.153. The number of hydrogen-bond donors (Lipinski definition) is 1. The average Bonchev–Trinajstić information content (AvgIpc) is 2.39. The second-order valence-electron chi connectivity index (χ2n) is 4.02. The Morgan fingerprint density at radius 2 is 2.06 bits per heavy atom. The van der Waals surface area contributed by atoms with Crippen molar-refractivity contribution in [3.8, 4) is 0 Å². The molecule has 0 radical (unpaired) electrons. The first-order valence-corrected chi connectivity index (χ1v) is 7.19. The number of ether oxygens (including phenoxy) is 1. The summed E-state index contributed by atoms with van der Waals surface area (Å²) in [6.45, 7) is 5.23. The predicted octanol–water partition coefficient (Wildman–Crippen LogP) is 3.01. The number of rotatable bonds is 7. The molecule has 0 aliphatic heterocycles. The first-order valence-electron chi connectivity index (χ1n) is 6.20. The van der Waals surface area contributed by atoms with Gasteiger partial charge in [-0.05, 0) is 31.2 Å². The van der Waals surface area contributed by atoms with Gasteiger partial charge in [-0.15, -0.1) is 11.8 Å². The summed E-state index contributed by atoms with van der Waals surface area (Å²) in [5.74, 6) is 0.606. The highest BCUT2D eigenvalue weighted by Gasteiger charge is 2.04. The van der Waals surface area contributed by atoms with Crippen molar-refractivity contribution in [3.63, 3.8) is 0 Å². The predicted molar refractivity (Wildman–Crippen MR) is 75.9 cm³/mol. The summed E-state index contributed by atoms with van der Waals surface area (Å²) in [6, 6.07) is 8.85. The molecule has 0 aliphatic carbocycles. The Kier molecular flexibility index (Phi) is 6.83. The lowest BCUT2D eigenvalue weighted by Gasteiger charge is -2.12. The number of nitrogens with one attached hydrogen (secondary N) is 1. The van der Waals surface area contributed by atoms with Gasteiger partial charge in [0.05, 0.1) is 13.5 Å². The van der Waals surface area contributed by atoms with Crippen LogP contribution in [0.2, 0.25) is 0 Å². The Balaban J connectivity index is 2.42. The maximum Gasteiger partial charge on any atom is 0.306 e. The lowest BCUT2D eigenvalue weighted by Crippen LogP contribution is -2.17. The molecule has 1 rings (SSSR count). The van der Waals surface area contributed by atoms with E-state index in [0.29, 0.717) is 12.5 Å². The molecule has 18 heavy (non-hydrogen) atoms. The summed E-state index contributed by atoms with van der Waals surface area (Å²) in [6.07, 6.45) is 0.455. The molecule has 1 aromatic rings. The van der Waals surface area contributed by atoms with Crippen molar-refractivity contribution in [2.75, 3.05) is 19.4 Å². The summed E-state index contributed by atoms with van der Waals surface area (Å²) in [7, 11) is 1.42. The molecule has 0 amide bonds. The van der Waals surface area contributed by atoms with E-state index >= 15 is 0 Å². The van der Waals surface area contributed by atoms with Crippen LogP contribution < -0.4 is 5.32 Å². The second-order valence-corrected chi connectivity index (χ2v) is 5.19. The van der Waals surface area contributed by atoms with Gasteiger partial charge in [0.25, 0.3) is 0 Å². The zero-order valence-corrected chi connectivity index (χ0v) is 12.0. The van der Waals surface area contributed by atoms with Gasteiger partial charge in [0.2, 0.25) is 0 Å². The Morgan fingerprint density at radius 1 is 1.39 bits per heavy atom. The van der Waals surface area contributed by atoms with Crippen LogP contribution in [0.4, 0.5) is 0 Å². The van der Waals surface area contributed by atoms with Gasteiger partial charge in [-0.2, -0.15) is 0 Å². The van der Waals surface area contributed by atoms with Crippen LogP contribution >= 0.6 is 11.8 Å². The third-order valence-corrected chi connectivity index (χ3v) is 3.71. The Morgan fingerprint density at radius 3 is 2.61 bits per heavy atom. The van der Waals surface area contributed by atoms with E-state index in [-0.39, 0.29) is 5.97 Å². The molecule has 0 heterocycles. The minimum absolute atomic E-state index is 0.153. The van der Waals surface area contributed by atoms with Crippen molar-refractivity contribution in [1.29, 1.82) is 0 Å². The minimum Gasteiger partial charge on any atom is -0.469 e. The third kappa shape index (κ3) is 5.10. The standard InChI is InChI=1S/C14H21NO2S/c1-4-15-11(2)12-5-7-13(8-6-12)18-10-9-14(16)17-3/h5-8,11,15H,4,9-10H2,1-3H3. The van der Waals surface area contributed by atoms with E-state index in [4.69, 9.17) is 0 Å². The number of benzene rings is 1. The van der Waals surface area contributed by atoms with Crippen molar-refractivity contribution >= 4 is 17.7 Å². The van der Waals surface area contributed by atoms with Gasteiger partial charge in [-0.1, -0.05) is 19.1 Å². The molecule has 0 spiro atoms. The smallest absolute Gasteiger partial charge is 0.306 e. The molecule has 0 bridgehead atoms. The summed E-state index contributed by atoms with van der Waals surface area (Å²) < 4.78 is 4.61. The first kappa shape index (κ1) is 15.1. The van der Waals surface area contributed by atoms with Crippen LogP contribution in [0.5, 0.6) is 0 Å². The van der Waals surface area contributed by atoms with Crippen molar-refractivity contribution in [3.05, 3.63) is 29.8 Å². The van der Waals surface area contributed by atoms with Gasteiger partial charge in [0, 0.05) is 16.7 Å². The average molecular weight is 267 g/mol. The fraction of sp³-hybridized carbons (Fsp3) is 0.500. The number of thioether (sulfide) groups is 1. The molecular formula is C14H21NO2S. The van der Waals surface area contributed by atoms with Crippen LogP contribution in [-0.4, -0.2) is 25.4 Å². The van der Waals surface area contributed by atoms with Crippen molar-refractivity contribution in [1.82, 2.24) is 5.32 Å². The topological polar surface area (TPSA) is 38.3 Å². The van der Waals surface area contributed by atoms with Gasteiger partial charge in [-0.25, -0.2) is 0 Å². The lowest BCUT2D eigenvalue weighted by molar-refractivity contribution is -0.140. The Bertz CT molecular complexity index is 365. The largest absolute Gasteiger partial charge is 0.469 e. The van der Waals surface area contributed by atoms with Crippen LogP contribution in [0.15, 0.2) is 29.2 Å². The van der Waals surface area contributed by atoms with Crippen LogP contribution in [0, 0.1) is 0 Å². The van der Waals surface area contributed by atoms with Gasteiger partial charge >= 0.3 is 5.97 Å². The molecule has 4 heteroatoms. The van der Waals surface area contributed by atoms with Crippen LogP contribution in [0.1, 0.15) is 31.9 Å². The van der Waals surface area contributed by atoms with Gasteiger partial charge in [0.1, 0.15) is 0 Å². The van der Waals surface area contributed by atoms with E-state index in [1.165, 1.54) is 17.6 Å². The molecule has 1 aromatic carbocycles. The molecule has 1 N–H and O–H groups in total. The third-order valence-electron chi connectivity index (χ3n) is 2.69.